The molecule has 0 amide bonds. The topological polar surface area (TPSA) is 104 Å². The van der Waals surface area contributed by atoms with Gasteiger partial charge in [-0.05, 0) is 93.2 Å². The molecule has 1 unspecified atom stereocenters. The summed E-state index contributed by atoms with van der Waals surface area (Å²) in [4.78, 5) is 7.04. The number of fused-ring (bicyclic) bond motifs is 1. The standard InChI is InChI=1S/C41H49Cl2FN8OSi/c1-40(2,3)51-16-14-31(15-17-51)52-24-36(49-50-52)38(27-11-9-10-26(18-27)25-53-54(7,8)41(4,5)6)48-30-19-32-37(47-29-12-13-35(44)33(42)20-29)28(22-45)23-46-39(32)34(43)21-30/h9-13,18-21,23-24,31,38,48H,14-17,25H2,1-8H3,(H,46,47). The number of aromatic nitrogens is 4. The van der Waals surface area contributed by atoms with E-state index in [9.17, 15) is 9.65 Å². The Bertz CT molecular complexity index is 2180. The predicted molar refractivity (Wildman–Crippen MR) is 220 cm³/mol. The second kappa shape index (κ2) is 15.6. The van der Waals surface area contributed by atoms with Gasteiger partial charge in [0.15, 0.2) is 8.32 Å². The smallest absolute Gasteiger partial charge is 0.192 e. The van der Waals surface area contributed by atoms with E-state index in [1.54, 1.807) is 6.07 Å². The molecule has 0 aliphatic carbocycles. The van der Waals surface area contributed by atoms with Crippen molar-refractivity contribution in [3.63, 3.8) is 0 Å². The number of piperidine rings is 1. The first-order valence-electron chi connectivity index (χ1n) is 18.3. The van der Waals surface area contributed by atoms with Gasteiger partial charge in [0.25, 0.3) is 0 Å². The summed E-state index contributed by atoms with van der Waals surface area (Å²) in [5.74, 6) is -0.536. The Morgan fingerprint density at radius 2 is 1.72 bits per heavy atom. The number of pyridine rings is 1. The lowest BCUT2D eigenvalue weighted by atomic mass is 9.98. The first-order chi connectivity index (χ1) is 25.4. The van der Waals surface area contributed by atoms with Crippen LogP contribution in [0.2, 0.25) is 28.2 Å². The van der Waals surface area contributed by atoms with Crippen LogP contribution in [0.1, 0.15) is 88.9 Å². The number of hydrogen-bond donors (Lipinski definition) is 2. The number of benzene rings is 3. The van der Waals surface area contributed by atoms with Gasteiger partial charge in [-0.25, -0.2) is 9.07 Å². The molecule has 9 nitrogen and oxygen atoms in total. The van der Waals surface area contributed by atoms with E-state index in [1.165, 1.54) is 18.3 Å². The molecule has 2 N–H and O–H groups in total. The Kier molecular flexibility index (Phi) is 11.4. The van der Waals surface area contributed by atoms with E-state index in [0.717, 1.165) is 42.8 Å². The van der Waals surface area contributed by atoms with E-state index in [4.69, 9.17) is 32.7 Å². The van der Waals surface area contributed by atoms with E-state index in [2.05, 4.69) is 111 Å². The van der Waals surface area contributed by atoms with Crippen molar-refractivity contribution >= 4 is 59.5 Å². The third kappa shape index (κ3) is 8.74. The molecule has 3 heterocycles. The van der Waals surface area contributed by atoms with E-state index in [0.29, 0.717) is 45.2 Å². The largest absolute Gasteiger partial charge is 0.413 e. The van der Waals surface area contributed by atoms with E-state index < -0.39 is 20.2 Å². The summed E-state index contributed by atoms with van der Waals surface area (Å²) in [6.45, 7) is 20.5. The van der Waals surface area contributed by atoms with Crippen LogP contribution >= 0.6 is 23.2 Å². The summed E-state index contributed by atoms with van der Waals surface area (Å²) in [5, 5.41) is 27.5. The molecule has 0 radical (unpaired) electrons. The monoisotopic (exact) mass is 786 g/mol. The minimum atomic E-state index is -1.99. The minimum absolute atomic E-state index is 0.0372. The summed E-state index contributed by atoms with van der Waals surface area (Å²) >= 11 is 13.0. The molecule has 1 aliphatic heterocycles. The van der Waals surface area contributed by atoms with Crippen LogP contribution in [0.5, 0.6) is 0 Å². The Labute approximate surface area is 329 Å². The molecule has 0 bridgehead atoms. The van der Waals surface area contributed by atoms with Gasteiger partial charge in [0, 0.05) is 41.6 Å². The highest BCUT2D eigenvalue weighted by atomic mass is 35.5. The van der Waals surface area contributed by atoms with Crippen LogP contribution in [-0.4, -0.2) is 51.8 Å². The zero-order valence-corrected chi connectivity index (χ0v) is 34.8. The lowest BCUT2D eigenvalue weighted by molar-refractivity contribution is 0.0866. The SMILES string of the molecule is CC(C)(C)N1CCC(n2cc(C(Nc3cc(Cl)c4ncc(C#N)c(Nc5ccc(F)c(Cl)c5)c4c3)c3cccc(CO[Si](C)(C)C(C)(C)C)c3)nn2)CC1. The van der Waals surface area contributed by atoms with Crippen LogP contribution in [0.15, 0.2) is 67.0 Å². The predicted octanol–water partition coefficient (Wildman–Crippen LogP) is 11.0. The summed E-state index contributed by atoms with van der Waals surface area (Å²) in [6, 6.07) is 18.5. The molecule has 5 aromatic rings. The summed E-state index contributed by atoms with van der Waals surface area (Å²) in [5.41, 5.74) is 5.41. The third-order valence-electron chi connectivity index (χ3n) is 10.8. The van der Waals surface area contributed by atoms with Gasteiger partial charge < -0.3 is 15.1 Å². The van der Waals surface area contributed by atoms with Gasteiger partial charge in [-0.3, -0.25) is 9.88 Å². The van der Waals surface area contributed by atoms with Crippen molar-refractivity contribution in [3.05, 3.63) is 105 Å². The number of hydrogen-bond acceptors (Lipinski definition) is 8. The molecular formula is C41H49Cl2FN8OSi. The van der Waals surface area contributed by atoms with Crippen LogP contribution in [0.3, 0.4) is 0 Å². The average Bonchev–Trinajstić information content (AvgIpc) is 3.61. The number of halogens is 3. The van der Waals surface area contributed by atoms with Crippen molar-refractivity contribution in [2.45, 2.75) is 96.7 Å². The van der Waals surface area contributed by atoms with Crippen molar-refractivity contribution in [2.75, 3.05) is 23.7 Å². The van der Waals surface area contributed by atoms with E-state index >= 15 is 0 Å². The molecule has 1 atom stereocenters. The van der Waals surface area contributed by atoms with Crippen molar-refractivity contribution in [3.8, 4) is 6.07 Å². The molecule has 54 heavy (non-hydrogen) atoms. The van der Waals surface area contributed by atoms with Gasteiger partial charge in [0.05, 0.1) is 51.7 Å². The zero-order valence-electron chi connectivity index (χ0n) is 32.3. The molecular weight excluding hydrogens is 738 g/mol. The molecule has 13 heteroatoms. The van der Waals surface area contributed by atoms with Gasteiger partial charge in [-0.2, -0.15) is 5.26 Å². The summed E-state index contributed by atoms with van der Waals surface area (Å²) < 4.78 is 22.6. The molecule has 1 fully saturated rings. The third-order valence-corrected chi connectivity index (χ3v) is 15.9. The van der Waals surface area contributed by atoms with Crippen LogP contribution < -0.4 is 10.6 Å². The second-order valence-corrected chi connectivity index (χ2v) is 22.3. The van der Waals surface area contributed by atoms with Gasteiger partial charge in [0.2, 0.25) is 0 Å². The van der Waals surface area contributed by atoms with Gasteiger partial charge >= 0.3 is 0 Å². The molecule has 3 aromatic carbocycles. The lowest BCUT2D eigenvalue weighted by Crippen LogP contribution is -2.46. The minimum Gasteiger partial charge on any atom is -0.413 e. The van der Waals surface area contributed by atoms with Crippen molar-refractivity contribution in [1.82, 2.24) is 24.9 Å². The number of nitrogens with zero attached hydrogens (tertiary/aromatic N) is 6. The van der Waals surface area contributed by atoms with Crippen molar-refractivity contribution in [1.29, 1.82) is 5.26 Å². The summed E-state index contributed by atoms with van der Waals surface area (Å²) in [6.07, 6.45) is 5.50. The fraction of sp³-hybridized carbons (Fsp3) is 0.415. The second-order valence-electron chi connectivity index (χ2n) is 16.7. The molecule has 284 valence electrons. The number of rotatable bonds is 10. The maximum Gasteiger partial charge on any atom is 0.192 e. The fourth-order valence-corrected chi connectivity index (χ4v) is 7.93. The molecule has 0 saturated carbocycles. The highest BCUT2D eigenvalue weighted by Crippen LogP contribution is 2.39. The molecule has 2 aromatic heterocycles. The first kappa shape index (κ1) is 39.6. The Balaban J connectivity index is 1.38. The Morgan fingerprint density at radius 3 is 2.39 bits per heavy atom. The molecule has 1 saturated heterocycles. The van der Waals surface area contributed by atoms with Crippen molar-refractivity contribution < 1.29 is 8.82 Å². The van der Waals surface area contributed by atoms with Crippen LogP contribution in [0.25, 0.3) is 10.9 Å². The first-order valence-corrected chi connectivity index (χ1v) is 22.0. The Hall–Kier alpha value is -4.05. The van der Waals surface area contributed by atoms with Crippen LogP contribution in [0.4, 0.5) is 21.5 Å². The van der Waals surface area contributed by atoms with Gasteiger partial charge in [-0.15, -0.1) is 5.10 Å². The number of likely N-dealkylation sites (tertiary alicyclic amines) is 1. The molecule has 6 rings (SSSR count). The Morgan fingerprint density at radius 1 is 1.00 bits per heavy atom. The number of anilines is 3. The highest BCUT2D eigenvalue weighted by molar-refractivity contribution is 6.74. The normalized spacial score (nSPS) is 15.3. The molecule has 1 aliphatic rings. The highest BCUT2D eigenvalue weighted by Gasteiger charge is 2.37. The molecule has 0 spiro atoms. The van der Waals surface area contributed by atoms with Crippen molar-refractivity contribution in [2.24, 2.45) is 0 Å². The van der Waals surface area contributed by atoms with E-state index in [-0.39, 0.29) is 21.6 Å². The average molecular weight is 788 g/mol. The van der Waals surface area contributed by atoms with E-state index in [1.807, 2.05) is 22.9 Å². The van der Waals surface area contributed by atoms with Gasteiger partial charge in [-0.1, -0.05) is 73.5 Å². The summed E-state index contributed by atoms with van der Waals surface area (Å²) in [7, 11) is -1.99. The quantitative estimate of drug-likeness (QED) is 0.135. The van der Waals surface area contributed by atoms with Crippen LogP contribution in [0, 0.1) is 17.1 Å². The van der Waals surface area contributed by atoms with Crippen LogP contribution in [-0.2, 0) is 11.0 Å². The number of nitrogens with one attached hydrogen (secondary N) is 2. The fourth-order valence-electron chi connectivity index (χ4n) is 6.52. The number of nitriles is 1. The zero-order chi connectivity index (χ0) is 39.0. The maximum absolute atomic E-state index is 14.0. The maximum atomic E-state index is 14.0. The lowest BCUT2D eigenvalue weighted by Gasteiger charge is -2.40. The van der Waals surface area contributed by atoms with Gasteiger partial charge in [0.1, 0.15) is 17.6 Å².